The Labute approximate surface area is 105 Å². The summed E-state index contributed by atoms with van der Waals surface area (Å²) in [6.45, 7) is 2.14. The van der Waals surface area contributed by atoms with Crippen molar-refractivity contribution in [3.05, 3.63) is 28.8 Å². The van der Waals surface area contributed by atoms with Crippen molar-refractivity contribution >= 4 is 28.3 Å². The fourth-order valence-corrected chi connectivity index (χ4v) is 2.52. The Morgan fingerprint density at radius 1 is 1.47 bits per heavy atom. The van der Waals surface area contributed by atoms with Crippen molar-refractivity contribution in [1.29, 1.82) is 0 Å². The van der Waals surface area contributed by atoms with Gasteiger partial charge in [0.1, 0.15) is 11.6 Å². The maximum atomic E-state index is 6.18. The number of nitrogens with one attached hydrogen (secondary N) is 1. The first-order valence-electron chi connectivity index (χ1n) is 5.61. The molecule has 1 aromatic heterocycles. The molecule has 0 fully saturated rings. The number of fused-ring (bicyclic) bond motifs is 2. The van der Waals surface area contributed by atoms with Gasteiger partial charge in [0, 0.05) is 11.4 Å². The van der Waals surface area contributed by atoms with Crippen LogP contribution in [0, 0.1) is 0 Å². The predicted octanol–water partition coefficient (Wildman–Crippen LogP) is 3.25. The van der Waals surface area contributed by atoms with Crippen molar-refractivity contribution in [1.82, 2.24) is 4.98 Å². The average molecular weight is 249 g/mol. The van der Waals surface area contributed by atoms with E-state index in [4.69, 9.17) is 16.3 Å². The molecule has 0 amide bonds. The van der Waals surface area contributed by atoms with Gasteiger partial charge in [-0.1, -0.05) is 11.6 Å². The summed E-state index contributed by atoms with van der Waals surface area (Å²) < 4.78 is 5.35. The zero-order chi connectivity index (χ0) is 12.0. The molecule has 2 aromatic rings. The quantitative estimate of drug-likeness (QED) is 0.841. The molecule has 0 bridgehead atoms. The van der Waals surface area contributed by atoms with Crippen LogP contribution in [-0.2, 0) is 6.42 Å². The number of halogens is 1. The SMILES string of the molecule is COc1ccc(Cl)c2nc3c(cc12)CC(C)N3. The second-order valence-electron chi connectivity index (χ2n) is 4.39. The summed E-state index contributed by atoms with van der Waals surface area (Å²) in [5.74, 6) is 1.76. The predicted molar refractivity (Wildman–Crippen MR) is 70.1 cm³/mol. The number of nitrogens with zero attached hydrogens (tertiary/aromatic N) is 1. The number of ether oxygens (including phenoxy) is 1. The van der Waals surface area contributed by atoms with Gasteiger partial charge in [0.05, 0.1) is 17.6 Å². The van der Waals surface area contributed by atoms with E-state index in [0.717, 1.165) is 28.9 Å². The lowest BCUT2D eigenvalue weighted by Gasteiger charge is -2.08. The number of methoxy groups -OCH3 is 1. The summed E-state index contributed by atoms with van der Waals surface area (Å²) in [5.41, 5.74) is 2.02. The topological polar surface area (TPSA) is 34.1 Å². The second kappa shape index (κ2) is 3.77. The van der Waals surface area contributed by atoms with Crippen molar-refractivity contribution in [2.45, 2.75) is 19.4 Å². The minimum absolute atomic E-state index is 0.430. The molecule has 1 aliphatic heterocycles. The molecule has 3 rings (SSSR count). The third-order valence-corrected chi connectivity index (χ3v) is 3.41. The van der Waals surface area contributed by atoms with Crippen LogP contribution in [0.2, 0.25) is 5.02 Å². The molecule has 0 spiro atoms. The van der Waals surface area contributed by atoms with Crippen molar-refractivity contribution in [3.63, 3.8) is 0 Å². The average Bonchev–Trinajstić information content (AvgIpc) is 2.67. The highest BCUT2D eigenvalue weighted by Gasteiger charge is 2.20. The first-order chi connectivity index (χ1) is 8.19. The van der Waals surface area contributed by atoms with Crippen molar-refractivity contribution in [2.24, 2.45) is 0 Å². The van der Waals surface area contributed by atoms with Crippen LogP contribution in [0.25, 0.3) is 10.9 Å². The summed E-state index contributed by atoms with van der Waals surface area (Å²) in [6, 6.07) is 6.25. The van der Waals surface area contributed by atoms with E-state index in [9.17, 15) is 0 Å². The molecular weight excluding hydrogens is 236 g/mol. The van der Waals surface area contributed by atoms with Gasteiger partial charge in [-0.05, 0) is 37.1 Å². The van der Waals surface area contributed by atoms with Gasteiger partial charge >= 0.3 is 0 Å². The fourth-order valence-electron chi connectivity index (χ4n) is 2.32. The maximum Gasteiger partial charge on any atom is 0.130 e. The van der Waals surface area contributed by atoms with Gasteiger partial charge in [-0.25, -0.2) is 4.98 Å². The molecule has 2 heterocycles. The van der Waals surface area contributed by atoms with Crippen molar-refractivity contribution < 1.29 is 4.74 Å². The molecular formula is C13H13ClN2O. The number of anilines is 1. The summed E-state index contributed by atoms with van der Waals surface area (Å²) in [5, 5.41) is 4.98. The molecule has 0 saturated heterocycles. The fraction of sp³-hybridized carbons (Fsp3) is 0.308. The molecule has 1 atom stereocenters. The van der Waals surface area contributed by atoms with Gasteiger partial charge in [0.25, 0.3) is 0 Å². The van der Waals surface area contributed by atoms with Crippen LogP contribution in [0.3, 0.4) is 0 Å². The summed E-state index contributed by atoms with van der Waals surface area (Å²) >= 11 is 6.18. The molecule has 1 aliphatic rings. The number of hydrogen-bond acceptors (Lipinski definition) is 3. The zero-order valence-corrected chi connectivity index (χ0v) is 10.5. The van der Waals surface area contributed by atoms with E-state index in [0.29, 0.717) is 11.1 Å². The van der Waals surface area contributed by atoms with E-state index in [1.54, 1.807) is 7.11 Å². The molecule has 1 N–H and O–H groups in total. The maximum absolute atomic E-state index is 6.18. The summed E-state index contributed by atoms with van der Waals surface area (Å²) in [4.78, 5) is 4.59. The Bertz CT molecular complexity index is 597. The number of hydrogen-bond donors (Lipinski definition) is 1. The number of aromatic nitrogens is 1. The lowest BCUT2D eigenvalue weighted by molar-refractivity contribution is 0.419. The zero-order valence-electron chi connectivity index (χ0n) is 9.75. The minimum atomic E-state index is 0.430. The molecule has 4 heteroatoms. The number of pyridine rings is 1. The molecule has 17 heavy (non-hydrogen) atoms. The Morgan fingerprint density at radius 2 is 2.29 bits per heavy atom. The number of benzene rings is 1. The Balaban J connectivity index is 2.31. The molecule has 1 unspecified atom stereocenters. The molecule has 0 aliphatic carbocycles. The van der Waals surface area contributed by atoms with Gasteiger partial charge in [0.15, 0.2) is 0 Å². The van der Waals surface area contributed by atoms with E-state index < -0.39 is 0 Å². The van der Waals surface area contributed by atoms with Crippen LogP contribution >= 0.6 is 11.6 Å². The van der Waals surface area contributed by atoms with Crippen molar-refractivity contribution in [2.75, 3.05) is 12.4 Å². The second-order valence-corrected chi connectivity index (χ2v) is 4.80. The third kappa shape index (κ3) is 1.62. The highest BCUT2D eigenvalue weighted by Crippen LogP contribution is 2.35. The molecule has 0 saturated carbocycles. The highest BCUT2D eigenvalue weighted by atomic mass is 35.5. The van der Waals surface area contributed by atoms with Gasteiger partial charge in [-0.3, -0.25) is 0 Å². The monoisotopic (exact) mass is 248 g/mol. The van der Waals surface area contributed by atoms with Crippen LogP contribution < -0.4 is 10.1 Å². The molecule has 88 valence electrons. The van der Waals surface area contributed by atoms with E-state index >= 15 is 0 Å². The van der Waals surface area contributed by atoms with E-state index in [1.807, 2.05) is 12.1 Å². The molecule has 0 radical (unpaired) electrons. The lowest BCUT2D eigenvalue weighted by atomic mass is 10.1. The van der Waals surface area contributed by atoms with E-state index in [1.165, 1.54) is 5.56 Å². The Hall–Kier alpha value is -1.48. The minimum Gasteiger partial charge on any atom is -0.496 e. The Kier molecular flexibility index (Phi) is 2.37. The van der Waals surface area contributed by atoms with Crippen molar-refractivity contribution in [3.8, 4) is 5.75 Å². The van der Waals surface area contributed by atoms with Gasteiger partial charge in [-0.2, -0.15) is 0 Å². The molecule has 1 aromatic carbocycles. The summed E-state index contributed by atoms with van der Waals surface area (Å²) in [7, 11) is 1.66. The van der Waals surface area contributed by atoms with Gasteiger partial charge in [-0.15, -0.1) is 0 Å². The molecule has 3 nitrogen and oxygen atoms in total. The first kappa shape index (κ1) is 10.7. The van der Waals surface area contributed by atoms with Crippen LogP contribution in [-0.4, -0.2) is 18.1 Å². The first-order valence-corrected chi connectivity index (χ1v) is 5.99. The highest BCUT2D eigenvalue weighted by molar-refractivity contribution is 6.35. The van der Waals surface area contributed by atoms with Crippen LogP contribution in [0.4, 0.5) is 5.82 Å². The standard InChI is InChI=1S/C13H13ClN2O/c1-7-5-8-6-9-11(17-2)4-3-10(14)12(9)16-13(8)15-7/h3-4,6-7H,5H2,1-2H3,(H,15,16). The smallest absolute Gasteiger partial charge is 0.130 e. The number of rotatable bonds is 1. The summed E-state index contributed by atoms with van der Waals surface area (Å²) in [6.07, 6.45) is 0.994. The van der Waals surface area contributed by atoms with E-state index in [2.05, 4.69) is 23.3 Å². The van der Waals surface area contributed by atoms with Gasteiger partial charge < -0.3 is 10.1 Å². The van der Waals surface area contributed by atoms with E-state index in [-0.39, 0.29) is 0 Å². The van der Waals surface area contributed by atoms with Crippen LogP contribution in [0.1, 0.15) is 12.5 Å². The third-order valence-electron chi connectivity index (χ3n) is 3.10. The lowest BCUT2D eigenvalue weighted by Crippen LogP contribution is -2.08. The largest absolute Gasteiger partial charge is 0.496 e. The Morgan fingerprint density at radius 3 is 3.06 bits per heavy atom. The van der Waals surface area contributed by atoms with Gasteiger partial charge in [0.2, 0.25) is 0 Å². The van der Waals surface area contributed by atoms with Crippen LogP contribution in [0.15, 0.2) is 18.2 Å². The normalized spacial score (nSPS) is 17.9. The van der Waals surface area contributed by atoms with Crippen LogP contribution in [0.5, 0.6) is 5.75 Å².